The normalized spacial score (nSPS) is 12.2. The highest BCUT2D eigenvalue weighted by Crippen LogP contribution is 2.25. The van der Waals surface area contributed by atoms with Crippen LogP contribution in [0.25, 0.3) is 0 Å². The number of phenolic OH excluding ortho intramolecular Hbond substituents is 1. The van der Waals surface area contributed by atoms with E-state index in [1.165, 1.54) is 26.4 Å². The Hall–Kier alpha value is -2.44. The van der Waals surface area contributed by atoms with Crippen molar-refractivity contribution in [3.63, 3.8) is 0 Å². The number of methoxy groups -OCH3 is 2. The Bertz CT molecular complexity index is 564. The zero-order valence-corrected chi connectivity index (χ0v) is 14.0. The molecule has 0 aromatic heterocycles. The average Bonchev–Trinajstić information content (AvgIpc) is 2.45. The van der Waals surface area contributed by atoms with Gasteiger partial charge in [-0.2, -0.15) is 0 Å². The number of esters is 1. The number of hydrogen-bond acceptors (Lipinski definition) is 6. The van der Waals surface area contributed by atoms with Gasteiger partial charge in [0.15, 0.2) is 0 Å². The Labute approximate surface area is 135 Å². The lowest BCUT2D eigenvalue weighted by Crippen LogP contribution is -2.45. The molecule has 0 heterocycles. The van der Waals surface area contributed by atoms with Gasteiger partial charge in [-0.1, -0.05) is 6.07 Å². The molecule has 1 rings (SSSR count). The van der Waals surface area contributed by atoms with Gasteiger partial charge in [0, 0.05) is 12.5 Å². The fourth-order valence-corrected chi connectivity index (χ4v) is 1.91. The third-order valence-electron chi connectivity index (χ3n) is 2.87. The van der Waals surface area contributed by atoms with E-state index in [-0.39, 0.29) is 12.2 Å². The summed E-state index contributed by atoms with van der Waals surface area (Å²) in [6.45, 7) is 5.17. The molecule has 0 radical (unpaired) electrons. The minimum atomic E-state index is -0.937. The molecule has 0 aliphatic heterocycles. The minimum absolute atomic E-state index is 0.0420. The van der Waals surface area contributed by atoms with Crippen molar-refractivity contribution in [1.82, 2.24) is 5.32 Å². The second-order valence-corrected chi connectivity index (χ2v) is 5.92. The number of benzene rings is 1. The van der Waals surface area contributed by atoms with Gasteiger partial charge in [0.1, 0.15) is 23.1 Å². The number of nitrogens with one attached hydrogen (secondary N) is 1. The van der Waals surface area contributed by atoms with Crippen molar-refractivity contribution in [1.29, 1.82) is 0 Å². The van der Waals surface area contributed by atoms with Gasteiger partial charge >= 0.3 is 12.1 Å². The first-order valence-electron chi connectivity index (χ1n) is 7.09. The number of rotatable bonds is 5. The Balaban J connectivity index is 2.92. The van der Waals surface area contributed by atoms with Gasteiger partial charge in [0.25, 0.3) is 0 Å². The second kappa shape index (κ2) is 7.71. The van der Waals surface area contributed by atoms with Gasteiger partial charge in [-0.05, 0) is 32.4 Å². The molecule has 0 fully saturated rings. The lowest BCUT2D eigenvalue weighted by Gasteiger charge is -2.23. The highest BCUT2D eigenvalue weighted by molar-refractivity contribution is 5.81. The Morgan fingerprint density at radius 3 is 2.43 bits per heavy atom. The number of alkyl carbamates (subject to hydrolysis) is 1. The third-order valence-corrected chi connectivity index (χ3v) is 2.87. The molecule has 7 nitrogen and oxygen atoms in total. The summed E-state index contributed by atoms with van der Waals surface area (Å²) >= 11 is 0. The van der Waals surface area contributed by atoms with E-state index in [9.17, 15) is 14.7 Å². The fraction of sp³-hybridized carbons (Fsp3) is 0.500. The summed E-state index contributed by atoms with van der Waals surface area (Å²) in [6.07, 6.45) is -0.583. The third kappa shape index (κ3) is 6.06. The van der Waals surface area contributed by atoms with Crippen molar-refractivity contribution in [3.05, 3.63) is 23.8 Å². The van der Waals surface area contributed by atoms with Crippen LogP contribution in [0.2, 0.25) is 0 Å². The number of amides is 1. The highest BCUT2D eigenvalue weighted by atomic mass is 16.6. The molecule has 23 heavy (non-hydrogen) atoms. The zero-order chi connectivity index (χ0) is 17.6. The fourth-order valence-electron chi connectivity index (χ4n) is 1.91. The quantitative estimate of drug-likeness (QED) is 0.804. The summed E-state index contributed by atoms with van der Waals surface area (Å²) < 4.78 is 15.0. The van der Waals surface area contributed by atoms with E-state index in [2.05, 4.69) is 5.32 Å². The van der Waals surface area contributed by atoms with Crippen molar-refractivity contribution < 1.29 is 28.9 Å². The van der Waals surface area contributed by atoms with Crippen LogP contribution in [0.3, 0.4) is 0 Å². The highest BCUT2D eigenvalue weighted by Gasteiger charge is 2.26. The average molecular weight is 325 g/mol. The van der Waals surface area contributed by atoms with Gasteiger partial charge in [-0.3, -0.25) is 0 Å². The van der Waals surface area contributed by atoms with E-state index >= 15 is 0 Å². The molecule has 2 N–H and O–H groups in total. The molecule has 1 atom stereocenters. The van der Waals surface area contributed by atoms with Crippen LogP contribution < -0.4 is 10.1 Å². The van der Waals surface area contributed by atoms with Crippen LogP contribution in [0.1, 0.15) is 26.3 Å². The first-order chi connectivity index (χ1) is 10.7. The number of hydrogen-bond donors (Lipinski definition) is 2. The lowest BCUT2D eigenvalue weighted by atomic mass is 10.0. The van der Waals surface area contributed by atoms with Crippen LogP contribution in [0.15, 0.2) is 18.2 Å². The van der Waals surface area contributed by atoms with E-state index in [0.29, 0.717) is 11.3 Å². The van der Waals surface area contributed by atoms with Gasteiger partial charge in [0.2, 0.25) is 0 Å². The summed E-state index contributed by atoms with van der Waals surface area (Å²) in [5.74, 6) is -0.156. The van der Waals surface area contributed by atoms with Crippen molar-refractivity contribution in [2.45, 2.75) is 38.8 Å². The molecule has 0 saturated heterocycles. The Morgan fingerprint density at radius 1 is 1.26 bits per heavy atom. The zero-order valence-electron chi connectivity index (χ0n) is 14.0. The van der Waals surface area contributed by atoms with E-state index < -0.39 is 23.7 Å². The number of phenols is 1. The molecule has 0 bridgehead atoms. The van der Waals surface area contributed by atoms with Crippen molar-refractivity contribution in [2.75, 3.05) is 14.2 Å². The van der Waals surface area contributed by atoms with Crippen LogP contribution in [0.4, 0.5) is 4.79 Å². The van der Waals surface area contributed by atoms with Crippen LogP contribution in [-0.2, 0) is 20.7 Å². The van der Waals surface area contributed by atoms with E-state index in [1.807, 2.05) is 0 Å². The largest absolute Gasteiger partial charge is 0.508 e. The Kier molecular flexibility index (Phi) is 6.24. The predicted octanol–water partition coefficient (Wildman–Crippen LogP) is 2.01. The van der Waals surface area contributed by atoms with E-state index in [4.69, 9.17) is 14.2 Å². The molecule has 1 aromatic rings. The maximum atomic E-state index is 11.9. The van der Waals surface area contributed by atoms with Crippen molar-refractivity contribution in [3.8, 4) is 11.5 Å². The van der Waals surface area contributed by atoms with E-state index in [0.717, 1.165) is 0 Å². The SMILES string of the molecule is COC(=O)[C@H](Cc1ccc(O)cc1OC)NC(=O)OC(C)(C)C. The maximum absolute atomic E-state index is 11.9. The summed E-state index contributed by atoms with van der Waals surface area (Å²) in [6, 6.07) is 3.57. The Morgan fingerprint density at radius 2 is 1.91 bits per heavy atom. The molecule has 0 aliphatic carbocycles. The maximum Gasteiger partial charge on any atom is 0.408 e. The molecule has 128 valence electrons. The first-order valence-corrected chi connectivity index (χ1v) is 7.09. The van der Waals surface area contributed by atoms with Crippen LogP contribution >= 0.6 is 0 Å². The number of aromatic hydroxyl groups is 1. The molecular formula is C16H23NO6. The topological polar surface area (TPSA) is 94.1 Å². The predicted molar refractivity (Wildman–Crippen MR) is 83.5 cm³/mol. The molecule has 7 heteroatoms. The van der Waals surface area contributed by atoms with Gasteiger partial charge in [-0.25, -0.2) is 9.59 Å². The van der Waals surface area contributed by atoms with E-state index in [1.54, 1.807) is 26.8 Å². The molecule has 0 unspecified atom stereocenters. The van der Waals surface area contributed by atoms with Gasteiger partial charge in [0.05, 0.1) is 14.2 Å². The van der Waals surface area contributed by atoms with Crippen molar-refractivity contribution >= 4 is 12.1 Å². The minimum Gasteiger partial charge on any atom is -0.508 e. The second-order valence-electron chi connectivity index (χ2n) is 5.92. The summed E-state index contributed by atoms with van der Waals surface area (Å²) in [5, 5.41) is 12.0. The van der Waals surface area contributed by atoms with Crippen LogP contribution in [0.5, 0.6) is 11.5 Å². The first kappa shape index (κ1) is 18.6. The van der Waals surface area contributed by atoms with Crippen LogP contribution in [-0.4, -0.2) is 43.0 Å². The standard InChI is InChI=1S/C16H23NO6/c1-16(2,3)23-15(20)17-12(14(19)22-5)8-10-6-7-11(18)9-13(10)21-4/h6-7,9,12,18H,8H2,1-5H3,(H,17,20)/t12-/m0/s1. The smallest absolute Gasteiger partial charge is 0.408 e. The summed E-state index contributed by atoms with van der Waals surface area (Å²) in [7, 11) is 2.69. The number of carbonyl (C=O) groups excluding carboxylic acids is 2. The molecule has 1 amide bonds. The molecule has 1 aromatic carbocycles. The number of ether oxygens (including phenoxy) is 3. The summed E-state index contributed by atoms with van der Waals surface area (Å²) in [4.78, 5) is 23.8. The van der Waals surface area contributed by atoms with Gasteiger partial charge < -0.3 is 24.6 Å². The lowest BCUT2D eigenvalue weighted by molar-refractivity contribution is -0.143. The molecule has 0 spiro atoms. The van der Waals surface area contributed by atoms with Crippen LogP contribution in [0, 0.1) is 0 Å². The van der Waals surface area contributed by atoms with Gasteiger partial charge in [-0.15, -0.1) is 0 Å². The summed E-state index contributed by atoms with van der Waals surface area (Å²) in [5.41, 5.74) is -0.0437. The number of carbonyl (C=O) groups is 2. The van der Waals surface area contributed by atoms with Crippen molar-refractivity contribution in [2.24, 2.45) is 0 Å². The molecular weight excluding hydrogens is 302 g/mol. The molecule has 0 aliphatic rings. The monoisotopic (exact) mass is 325 g/mol. The molecule has 0 saturated carbocycles.